The molecule has 19 heteroatoms. The molecule has 11 nitrogen and oxygen atoms in total. The molecule has 0 unspecified atom stereocenters. The number of carbonyl (C=O) groups excluding carboxylic acids is 1. The summed E-state index contributed by atoms with van der Waals surface area (Å²) >= 11 is 0. The highest BCUT2D eigenvalue weighted by molar-refractivity contribution is 8.01. The number of alkyl halides is 6. The molecular formula is C33H34F6N4O7S2. The number of benzene rings is 3. The lowest BCUT2D eigenvalue weighted by molar-refractivity contribution is -0.169. The number of halogens is 6. The van der Waals surface area contributed by atoms with E-state index in [2.05, 4.69) is 19.6 Å². The lowest BCUT2D eigenvalue weighted by Gasteiger charge is -2.24. The first-order chi connectivity index (χ1) is 24.3. The van der Waals surface area contributed by atoms with Crippen LogP contribution in [-0.4, -0.2) is 57.0 Å². The summed E-state index contributed by atoms with van der Waals surface area (Å²) in [6, 6.07) is 22.0. The van der Waals surface area contributed by atoms with Crippen LogP contribution in [0.4, 0.5) is 38.0 Å². The van der Waals surface area contributed by atoms with E-state index in [-0.39, 0.29) is 28.0 Å². The maximum atomic E-state index is 13.7. The number of anilines is 2. The average Bonchev–Trinajstić information content (AvgIpc) is 3.94. The molecule has 1 aromatic heterocycles. The fraction of sp³-hybridized carbons (Fsp3) is 0.303. The normalized spacial score (nSPS) is 15.0. The summed E-state index contributed by atoms with van der Waals surface area (Å²) in [4.78, 5) is 19.1. The van der Waals surface area contributed by atoms with Crippen molar-refractivity contribution in [3.05, 3.63) is 102 Å². The second-order valence-corrected chi connectivity index (χ2v) is 15.6. The Morgan fingerprint density at radius 3 is 2.02 bits per heavy atom. The van der Waals surface area contributed by atoms with Crippen LogP contribution < -0.4 is 10.1 Å². The van der Waals surface area contributed by atoms with Crippen LogP contribution in [0, 0.1) is 0 Å². The van der Waals surface area contributed by atoms with Crippen LogP contribution in [0.5, 0.6) is 5.88 Å². The zero-order valence-corrected chi connectivity index (χ0v) is 29.1. The molecular weight excluding hydrogens is 743 g/mol. The maximum Gasteiger partial charge on any atom is 0.474 e. The van der Waals surface area contributed by atoms with Gasteiger partial charge in [0.2, 0.25) is 11.8 Å². The smallest absolute Gasteiger partial charge is 0.471 e. The lowest BCUT2D eigenvalue weighted by Crippen LogP contribution is -2.30. The first-order valence-corrected chi connectivity index (χ1v) is 18.6. The predicted octanol–water partition coefficient (Wildman–Crippen LogP) is 7.70. The zero-order chi connectivity index (χ0) is 38.3. The molecule has 1 fully saturated rings. The Labute approximate surface area is 296 Å². The predicted molar refractivity (Wildman–Crippen MR) is 180 cm³/mol. The summed E-state index contributed by atoms with van der Waals surface area (Å²) in [5.74, 6) is -3.33. The minimum atomic E-state index is -5.21. The number of nitrogens with zero attached hydrogens (tertiary/aromatic N) is 3. The van der Waals surface area contributed by atoms with Gasteiger partial charge < -0.3 is 19.3 Å². The Morgan fingerprint density at radius 1 is 0.942 bits per heavy atom. The summed E-state index contributed by atoms with van der Waals surface area (Å²) in [7, 11) is -7.78. The van der Waals surface area contributed by atoms with Gasteiger partial charge in [-0.05, 0) is 68.7 Å². The number of thiol groups is 1. The third-order valence-electron chi connectivity index (χ3n) is 7.46. The number of amides is 1. The largest absolute Gasteiger partial charge is 0.474 e. The number of nitrogens with one attached hydrogen (secondary N) is 1. The van der Waals surface area contributed by atoms with Gasteiger partial charge in [0.15, 0.2) is 0 Å². The van der Waals surface area contributed by atoms with Crippen molar-refractivity contribution in [2.45, 2.75) is 72.9 Å². The standard InChI is InChI=1S/C27H28F6N4O4S.C6H6O3S/c1-16(40-15-18-6-4-3-5-7-18)17(2)41-23-22(26(28,29)30)14-34-25(36-23)35-19-8-10-20(11-9-19)42(39,21-12-13-21)37-24(38)27(31,32)33;7-10(8,9)6-4-2-1-3-5-6/h3-11,14,16-17,21,42H,12-13,15H2,1-2H3,(H,34,35,36)(H,37,38,39);1-5H,(H,7,8,9)/t16-,17-;/m1./s1. The molecule has 0 radical (unpaired) electrons. The van der Waals surface area contributed by atoms with Gasteiger partial charge >= 0.3 is 18.3 Å². The molecule has 0 saturated heterocycles. The van der Waals surface area contributed by atoms with Gasteiger partial charge in [-0.25, -0.2) is 4.98 Å². The van der Waals surface area contributed by atoms with Crippen LogP contribution in [0.25, 0.3) is 0 Å². The van der Waals surface area contributed by atoms with Gasteiger partial charge in [-0.1, -0.05) is 58.6 Å². The van der Waals surface area contributed by atoms with Gasteiger partial charge in [0.05, 0.1) is 17.6 Å². The van der Waals surface area contributed by atoms with Crippen LogP contribution in [0.2, 0.25) is 0 Å². The molecule has 52 heavy (non-hydrogen) atoms. The minimum absolute atomic E-state index is 0.0591. The second kappa shape index (κ2) is 16.5. The number of carbonyl (C=O) groups is 1. The number of hydrogen-bond donors (Lipinski definition) is 4. The first-order valence-electron chi connectivity index (χ1n) is 15.4. The van der Waals surface area contributed by atoms with Crippen molar-refractivity contribution >= 4 is 37.8 Å². The number of aromatic nitrogens is 2. The summed E-state index contributed by atoms with van der Waals surface area (Å²) in [5, 5.41) is 2.16. The van der Waals surface area contributed by atoms with E-state index in [4.69, 9.17) is 14.0 Å². The lowest BCUT2D eigenvalue weighted by atomic mass is 10.2. The van der Waals surface area contributed by atoms with Crippen LogP contribution in [0.15, 0.2) is 105 Å². The van der Waals surface area contributed by atoms with E-state index < -0.39 is 67.4 Å². The van der Waals surface area contributed by atoms with Crippen LogP contribution >= 0.6 is 0 Å². The Morgan fingerprint density at radius 2 is 1.52 bits per heavy atom. The molecule has 3 aromatic carbocycles. The van der Waals surface area contributed by atoms with Gasteiger partial charge in [-0.3, -0.25) is 9.35 Å². The molecule has 1 heterocycles. The topological polar surface area (TPSA) is 160 Å². The van der Waals surface area contributed by atoms with Crippen molar-refractivity contribution in [1.82, 2.24) is 9.97 Å². The minimum Gasteiger partial charge on any atom is -0.471 e. The van der Waals surface area contributed by atoms with Gasteiger partial charge in [0.1, 0.15) is 11.7 Å². The molecule has 1 saturated carbocycles. The maximum absolute atomic E-state index is 13.7. The zero-order valence-electron chi connectivity index (χ0n) is 27.4. The third kappa shape index (κ3) is 11.3. The second-order valence-electron chi connectivity index (χ2n) is 11.5. The first kappa shape index (κ1) is 40.3. The van der Waals surface area contributed by atoms with Crippen LogP contribution in [0.1, 0.15) is 37.8 Å². The van der Waals surface area contributed by atoms with Gasteiger partial charge in [0.25, 0.3) is 10.1 Å². The van der Waals surface area contributed by atoms with Crippen LogP contribution in [-0.2, 0) is 42.5 Å². The molecule has 1 amide bonds. The summed E-state index contributed by atoms with van der Waals surface area (Å²) in [6.45, 7) is 3.43. The van der Waals surface area contributed by atoms with Crippen molar-refractivity contribution in [2.75, 3.05) is 5.32 Å². The highest BCUT2D eigenvalue weighted by Gasteiger charge is 2.43. The van der Waals surface area contributed by atoms with Crippen molar-refractivity contribution < 1.29 is 58.1 Å². The van der Waals surface area contributed by atoms with E-state index in [1.807, 2.05) is 30.3 Å². The van der Waals surface area contributed by atoms with Crippen molar-refractivity contribution in [3.8, 4) is 5.88 Å². The van der Waals surface area contributed by atoms with Crippen molar-refractivity contribution in [3.63, 3.8) is 0 Å². The average molecular weight is 777 g/mol. The molecule has 1 aliphatic rings. The number of hydrogen-bond acceptors (Lipinski definition) is 8. The Kier molecular flexibility index (Phi) is 12.8. The Balaban J connectivity index is 0.000000521. The van der Waals surface area contributed by atoms with E-state index in [1.54, 1.807) is 32.0 Å². The van der Waals surface area contributed by atoms with E-state index in [9.17, 15) is 44.1 Å². The van der Waals surface area contributed by atoms with Crippen molar-refractivity contribution in [2.24, 2.45) is 4.36 Å². The van der Waals surface area contributed by atoms with Gasteiger partial charge in [0, 0.05) is 22.0 Å². The summed E-state index contributed by atoms with van der Waals surface area (Å²) in [5.41, 5.74) is -0.0623. The fourth-order valence-corrected chi connectivity index (χ4v) is 7.43. The molecule has 4 aromatic rings. The summed E-state index contributed by atoms with van der Waals surface area (Å²) < 4.78 is 134. The monoisotopic (exact) mass is 776 g/mol. The molecule has 0 bridgehead atoms. The van der Waals surface area contributed by atoms with E-state index >= 15 is 0 Å². The number of ether oxygens (including phenoxy) is 2. The van der Waals surface area contributed by atoms with Crippen molar-refractivity contribution in [1.29, 1.82) is 0 Å². The molecule has 1 aliphatic carbocycles. The van der Waals surface area contributed by atoms with Gasteiger partial charge in [-0.2, -0.15) is 44.1 Å². The number of rotatable bonds is 11. The molecule has 0 spiro atoms. The van der Waals surface area contributed by atoms with Crippen LogP contribution in [0.3, 0.4) is 0 Å². The van der Waals surface area contributed by atoms with E-state index in [0.29, 0.717) is 19.0 Å². The molecule has 5 rings (SSSR count). The SMILES string of the molecule is C[C@@H](OCc1ccccc1)[C@@H](C)Oc1nc(Nc2ccc([SH](O)(=NC(=O)C(F)(F)F)C3CC3)cc2)ncc1C(F)(F)F.O=S(=O)(O)c1ccccc1. The van der Waals surface area contributed by atoms with Gasteiger partial charge in [-0.15, -0.1) is 0 Å². The summed E-state index contributed by atoms with van der Waals surface area (Å²) in [6.07, 6.45) is -10.0. The van der Waals surface area contributed by atoms with E-state index in [1.165, 1.54) is 36.4 Å². The molecule has 0 aliphatic heterocycles. The molecule has 2 atom stereocenters. The fourth-order valence-electron chi connectivity index (χ4n) is 4.39. The van der Waals surface area contributed by atoms with E-state index in [0.717, 1.165) is 5.56 Å². The Hall–Kier alpha value is -4.43. The molecule has 3 N–H and O–H groups in total. The molecule has 282 valence electrons. The quantitative estimate of drug-likeness (QED) is 0.0676. The third-order valence-corrected chi connectivity index (χ3v) is 11.4. The Bertz CT molecular complexity index is 1980. The highest BCUT2D eigenvalue weighted by Crippen LogP contribution is 2.41. The highest BCUT2D eigenvalue weighted by atomic mass is 32.3.